The van der Waals surface area contributed by atoms with Crippen molar-refractivity contribution in [2.75, 3.05) is 0 Å². The number of nitrogens with zero attached hydrogens (tertiary/aromatic N) is 2. The first-order valence-corrected chi connectivity index (χ1v) is 7.70. The van der Waals surface area contributed by atoms with Crippen molar-refractivity contribution in [1.82, 2.24) is 4.98 Å². The number of aromatic nitrogens is 1. The van der Waals surface area contributed by atoms with E-state index in [0.717, 1.165) is 16.1 Å². The quantitative estimate of drug-likeness (QED) is 0.444. The van der Waals surface area contributed by atoms with Gasteiger partial charge in [0.2, 0.25) is 0 Å². The molecule has 3 aromatic rings. The molecule has 0 atom stereocenters. The zero-order valence-electron chi connectivity index (χ0n) is 11.8. The monoisotopic (exact) mass is 309 g/mol. The number of benzene rings is 2. The van der Waals surface area contributed by atoms with Crippen molar-refractivity contribution in [3.8, 4) is 11.1 Å². The maximum atomic E-state index is 5.93. The molecule has 110 valence electrons. The van der Waals surface area contributed by atoms with Crippen LogP contribution in [0.4, 0.5) is 0 Å². The molecule has 1 aromatic heterocycles. The number of hydrogen-bond donors (Lipinski definition) is 1. The molecule has 4 nitrogen and oxygen atoms in total. The van der Waals surface area contributed by atoms with Crippen LogP contribution in [0.5, 0.6) is 0 Å². The summed E-state index contributed by atoms with van der Waals surface area (Å²) in [5.41, 5.74) is 9.07. The molecule has 22 heavy (non-hydrogen) atoms. The van der Waals surface area contributed by atoms with Gasteiger partial charge in [-0.05, 0) is 11.1 Å². The van der Waals surface area contributed by atoms with Gasteiger partial charge in [0.25, 0.3) is 0 Å². The fraction of sp³-hybridized carbons (Fsp3) is 0.0588. The van der Waals surface area contributed by atoms with Crippen molar-refractivity contribution in [2.24, 2.45) is 10.9 Å². The average Bonchev–Trinajstić information content (AvgIpc) is 3.09. The van der Waals surface area contributed by atoms with Crippen LogP contribution in [0.2, 0.25) is 0 Å². The van der Waals surface area contributed by atoms with Crippen molar-refractivity contribution in [3.63, 3.8) is 0 Å². The number of oxime groups is 1. The van der Waals surface area contributed by atoms with Gasteiger partial charge in [-0.25, -0.2) is 4.98 Å². The normalized spacial score (nSPS) is 11.4. The Balaban J connectivity index is 1.67. The maximum absolute atomic E-state index is 5.93. The number of nitrogens with two attached hydrogens (primary N) is 1. The van der Waals surface area contributed by atoms with Crippen molar-refractivity contribution in [3.05, 3.63) is 76.7 Å². The van der Waals surface area contributed by atoms with Gasteiger partial charge in [-0.15, -0.1) is 11.3 Å². The highest BCUT2D eigenvalue weighted by Crippen LogP contribution is 2.19. The molecule has 0 unspecified atom stereocenters. The average molecular weight is 309 g/mol. The molecule has 0 amide bonds. The number of rotatable bonds is 5. The van der Waals surface area contributed by atoms with Gasteiger partial charge in [-0.1, -0.05) is 59.8 Å². The predicted octanol–water partition coefficient (Wildman–Crippen LogP) is 3.65. The second kappa shape index (κ2) is 6.87. The van der Waals surface area contributed by atoms with Crippen LogP contribution in [-0.4, -0.2) is 10.8 Å². The molecule has 2 aromatic carbocycles. The Hall–Kier alpha value is -2.66. The number of hydrogen-bond acceptors (Lipinski definition) is 4. The van der Waals surface area contributed by atoms with E-state index < -0.39 is 0 Å². The lowest BCUT2D eigenvalue weighted by molar-refractivity contribution is 0.130. The third-order valence-electron chi connectivity index (χ3n) is 3.12. The summed E-state index contributed by atoms with van der Waals surface area (Å²) in [5, 5.41) is 6.70. The second-order valence-corrected chi connectivity index (χ2v) is 5.60. The molecule has 2 N–H and O–H groups in total. The van der Waals surface area contributed by atoms with Crippen LogP contribution in [-0.2, 0) is 11.4 Å². The summed E-state index contributed by atoms with van der Waals surface area (Å²) in [7, 11) is 0. The summed E-state index contributed by atoms with van der Waals surface area (Å²) in [4.78, 5) is 9.33. The number of amidine groups is 1. The van der Waals surface area contributed by atoms with E-state index in [1.54, 1.807) is 6.20 Å². The highest BCUT2D eigenvalue weighted by Gasteiger charge is 2.02. The Morgan fingerprint density at radius 3 is 2.45 bits per heavy atom. The highest BCUT2D eigenvalue weighted by atomic mass is 32.1. The Morgan fingerprint density at radius 2 is 1.77 bits per heavy atom. The minimum atomic E-state index is 0.334. The van der Waals surface area contributed by atoms with Gasteiger partial charge in [-0.3, -0.25) is 0 Å². The molecule has 0 aliphatic carbocycles. The Morgan fingerprint density at radius 1 is 1.05 bits per heavy atom. The standard InChI is InChI=1S/C17H15N3OS/c18-17(20-21-12-16-19-10-11-22-16)15-8-6-14(7-9-15)13-4-2-1-3-5-13/h1-11H,12H2,(H2,18,20). The molecule has 0 saturated carbocycles. The van der Waals surface area contributed by atoms with E-state index in [-0.39, 0.29) is 0 Å². The van der Waals surface area contributed by atoms with Gasteiger partial charge in [0, 0.05) is 17.1 Å². The molecule has 0 radical (unpaired) electrons. The van der Waals surface area contributed by atoms with Crippen LogP contribution in [0.1, 0.15) is 10.6 Å². The van der Waals surface area contributed by atoms with Crippen LogP contribution in [0.3, 0.4) is 0 Å². The third-order valence-corrected chi connectivity index (χ3v) is 3.88. The summed E-state index contributed by atoms with van der Waals surface area (Å²) < 4.78 is 0. The summed E-state index contributed by atoms with van der Waals surface area (Å²) in [6, 6.07) is 18.1. The first kappa shape index (κ1) is 14.3. The van der Waals surface area contributed by atoms with Crippen molar-refractivity contribution < 1.29 is 4.84 Å². The van der Waals surface area contributed by atoms with Crippen LogP contribution in [0.25, 0.3) is 11.1 Å². The Bertz CT molecular complexity index is 737. The lowest BCUT2D eigenvalue weighted by atomic mass is 10.0. The van der Waals surface area contributed by atoms with Gasteiger partial charge in [0.05, 0.1) is 0 Å². The molecule has 5 heteroatoms. The van der Waals surface area contributed by atoms with E-state index in [4.69, 9.17) is 10.6 Å². The van der Waals surface area contributed by atoms with Crippen LogP contribution >= 0.6 is 11.3 Å². The summed E-state index contributed by atoms with van der Waals surface area (Å²) >= 11 is 1.52. The van der Waals surface area contributed by atoms with Crippen LogP contribution in [0, 0.1) is 0 Å². The van der Waals surface area contributed by atoms with Crippen molar-refractivity contribution >= 4 is 17.2 Å². The molecule has 0 spiro atoms. The van der Waals surface area contributed by atoms with Crippen molar-refractivity contribution in [1.29, 1.82) is 0 Å². The lowest BCUT2D eigenvalue weighted by Crippen LogP contribution is -2.13. The SMILES string of the molecule is N/C(=N\OCc1nccs1)c1ccc(-c2ccccc2)cc1. The first-order valence-electron chi connectivity index (χ1n) is 6.82. The van der Waals surface area contributed by atoms with E-state index in [1.165, 1.54) is 16.9 Å². The van der Waals surface area contributed by atoms with Crippen molar-refractivity contribution in [2.45, 2.75) is 6.61 Å². The van der Waals surface area contributed by atoms with E-state index in [9.17, 15) is 0 Å². The predicted molar refractivity (Wildman–Crippen MR) is 89.5 cm³/mol. The lowest BCUT2D eigenvalue weighted by Gasteiger charge is -2.04. The zero-order valence-corrected chi connectivity index (χ0v) is 12.7. The highest BCUT2D eigenvalue weighted by molar-refractivity contribution is 7.09. The first-order chi connectivity index (χ1) is 10.8. The van der Waals surface area contributed by atoms with Crippen LogP contribution < -0.4 is 5.73 Å². The minimum absolute atomic E-state index is 0.334. The smallest absolute Gasteiger partial charge is 0.170 e. The molecule has 0 saturated heterocycles. The fourth-order valence-electron chi connectivity index (χ4n) is 2.00. The summed E-state index contributed by atoms with van der Waals surface area (Å²) in [6.07, 6.45) is 1.73. The molecule has 1 heterocycles. The molecule has 3 rings (SSSR count). The topological polar surface area (TPSA) is 60.5 Å². The zero-order chi connectivity index (χ0) is 15.2. The van der Waals surface area contributed by atoms with Gasteiger partial charge >= 0.3 is 0 Å². The van der Waals surface area contributed by atoms with E-state index in [2.05, 4.69) is 22.3 Å². The van der Waals surface area contributed by atoms with E-state index in [0.29, 0.717) is 12.4 Å². The fourth-order valence-corrected chi connectivity index (χ4v) is 2.52. The van der Waals surface area contributed by atoms with Gasteiger partial charge in [-0.2, -0.15) is 0 Å². The molecular formula is C17H15N3OS. The molecule has 0 bridgehead atoms. The Labute approximate surface area is 132 Å². The minimum Gasteiger partial charge on any atom is -0.387 e. The molecule has 0 aliphatic rings. The summed E-state index contributed by atoms with van der Waals surface area (Å²) in [6.45, 7) is 0.334. The summed E-state index contributed by atoms with van der Waals surface area (Å²) in [5.74, 6) is 0.358. The maximum Gasteiger partial charge on any atom is 0.170 e. The Kier molecular flexibility index (Phi) is 4.46. The van der Waals surface area contributed by atoms with E-state index in [1.807, 2.05) is 47.8 Å². The van der Waals surface area contributed by atoms with Gasteiger partial charge < -0.3 is 10.6 Å². The molecular weight excluding hydrogens is 294 g/mol. The third kappa shape index (κ3) is 3.51. The second-order valence-electron chi connectivity index (χ2n) is 4.62. The number of thiazole rings is 1. The largest absolute Gasteiger partial charge is 0.387 e. The van der Waals surface area contributed by atoms with Gasteiger partial charge in [0.15, 0.2) is 12.4 Å². The van der Waals surface area contributed by atoms with Gasteiger partial charge in [0.1, 0.15) is 5.01 Å². The molecule has 0 fully saturated rings. The van der Waals surface area contributed by atoms with E-state index >= 15 is 0 Å². The van der Waals surface area contributed by atoms with Crippen LogP contribution in [0.15, 0.2) is 71.3 Å². The molecule has 0 aliphatic heterocycles.